The first-order chi connectivity index (χ1) is 11.5. The number of H-pyrrole nitrogens is 1. The third-order valence-electron chi connectivity index (χ3n) is 3.68. The van der Waals surface area contributed by atoms with Crippen LogP contribution in [0.2, 0.25) is 0 Å². The Bertz CT molecular complexity index is 763. The van der Waals surface area contributed by atoms with Crippen molar-refractivity contribution in [3.63, 3.8) is 0 Å². The lowest BCUT2D eigenvalue weighted by molar-refractivity contribution is 0.0936. The fraction of sp³-hybridized carbons (Fsp3) is 0.278. The van der Waals surface area contributed by atoms with E-state index in [0.29, 0.717) is 17.7 Å². The highest BCUT2D eigenvalue weighted by molar-refractivity contribution is 5.95. The van der Waals surface area contributed by atoms with E-state index in [1.807, 2.05) is 19.9 Å². The quantitative estimate of drug-likeness (QED) is 0.756. The molecule has 0 saturated carbocycles. The van der Waals surface area contributed by atoms with Crippen LogP contribution in [0.4, 0.5) is 0 Å². The molecule has 0 aliphatic rings. The highest BCUT2D eigenvalue weighted by Gasteiger charge is 2.10. The van der Waals surface area contributed by atoms with Crippen molar-refractivity contribution >= 4 is 11.8 Å². The number of aromatic nitrogens is 1. The van der Waals surface area contributed by atoms with E-state index in [9.17, 15) is 14.4 Å². The summed E-state index contributed by atoms with van der Waals surface area (Å²) >= 11 is 0. The summed E-state index contributed by atoms with van der Waals surface area (Å²) < 4.78 is 0. The van der Waals surface area contributed by atoms with Gasteiger partial charge in [-0.3, -0.25) is 14.4 Å². The molecule has 0 aliphatic carbocycles. The highest BCUT2D eigenvalue weighted by atomic mass is 16.2. The van der Waals surface area contributed by atoms with Crippen molar-refractivity contribution in [3.05, 3.63) is 69.6 Å². The van der Waals surface area contributed by atoms with Crippen LogP contribution in [0.5, 0.6) is 0 Å². The Morgan fingerprint density at radius 2 is 1.92 bits per heavy atom. The van der Waals surface area contributed by atoms with Crippen LogP contribution in [0.15, 0.2) is 47.4 Å². The van der Waals surface area contributed by atoms with Crippen molar-refractivity contribution in [1.29, 1.82) is 0 Å². The van der Waals surface area contributed by atoms with Gasteiger partial charge in [-0.1, -0.05) is 19.1 Å². The summed E-state index contributed by atoms with van der Waals surface area (Å²) in [5.41, 5.74) is 1.50. The zero-order valence-electron chi connectivity index (χ0n) is 13.8. The Balaban J connectivity index is 1.99. The standard InChI is InChI=1S/C18H21N3O3/c1-3-12(2)21-18(24)14-6-4-5-13(9-14)10-20-17(23)15-7-8-16(22)19-11-15/h4-9,11-12H,3,10H2,1-2H3,(H,19,22)(H,20,23)(H,21,24). The molecule has 1 aromatic carbocycles. The van der Waals surface area contributed by atoms with Gasteiger partial charge in [-0.2, -0.15) is 0 Å². The summed E-state index contributed by atoms with van der Waals surface area (Å²) in [5.74, 6) is -0.418. The molecule has 0 bridgehead atoms. The van der Waals surface area contributed by atoms with Crippen molar-refractivity contribution < 1.29 is 9.59 Å². The molecule has 2 aromatic rings. The fourth-order valence-corrected chi connectivity index (χ4v) is 2.07. The predicted molar refractivity (Wildman–Crippen MR) is 91.9 cm³/mol. The van der Waals surface area contributed by atoms with Gasteiger partial charge in [-0.25, -0.2) is 0 Å². The van der Waals surface area contributed by atoms with Crippen LogP contribution < -0.4 is 16.2 Å². The van der Waals surface area contributed by atoms with E-state index in [-0.39, 0.29) is 23.4 Å². The molecule has 1 aromatic heterocycles. The summed E-state index contributed by atoms with van der Waals surface area (Å²) in [5, 5.41) is 5.67. The molecular weight excluding hydrogens is 306 g/mol. The Morgan fingerprint density at radius 1 is 1.12 bits per heavy atom. The molecular formula is C18H21N3O3. The van der Waals surface area contributed by atoms with Gasteiger partial charge in [-0.15, -0.1) is 0 Å². The Morgan fingerprint density at radius 3 is 2.58 bits per heavy atom. The van der Waals surface area contributed by atoms with E-state index in [1.165, 1.54) is 18.3 Å². The molecule has 2 amide bonds. The van der Waals surface area contributed by atoms with Crippen molar-refractivity contribution in [1.82, 2.24) is 15.6 Å². The predicted octanol–water partition coefficient (Wildman–Crippen LogP) is 1.83. The molecule has 6 heteroatoms. The minimum absolute atomic E-state index is 0.112. The third kappa shape index (κ3) is 4.81. The number of nitrogens with one attached hydrogen (secondary N) is 3. The van der Waals surface area contributed by atoms with Gasteiger partial charge in [0.05, 0.1) is 5.56 Å². The van der Waals surface area contributed by atoms with E-state index < -0.39 is 0 Å². The lowest BCUT2D eigenvalue weighted by atomic mass is 10.1. The van der Waals surface area contributed by atoms with E-state index in [0.717, 1.165) is 12.0 Å². The Labute approximate surface area is 140 Å². The van der Waals surface area contributed by atoms with Crippen LogP contribution in [0.1, 0.15) is 46.5 Å². The van der Waals surface area contributed by atoms with Gasteiger partial charge in [0.2, 0.25) is 5.56 Å². The van der Waals surface area contributed by atoms with Gasteiger partial charge < -0.3 is 15.6 Å². The molecule has 24 heavy (non-hydrogen) atoms. The second-order valence-electron chi connectivity index (χ2n) is 5.61. The average Bonchev–Trinajstić information content (AvgIpc) is 2.60. The smallest absolute Gasteiger partial charge is 0.253 e. The van der Waals surface area contributed by atoms with Gasteiger partial charge in [0.1, 0.15) is 0 Å². The summed E-state index contributed by atoms with van der Waals surface area (Å²) in [4.78, 5) is 37.6. The molecule has 1 atom stereocenters. The molecule has 1 unspecified atom stereocenters. The van der Waals surface area contributed by atoms with Crippen LogP contribution in [0.3, 0.4) is 0 Å². The second kappa shape index (κ2) is 8.10. The molecule has 0 aliphatic heterocycles. The summed E-state index contributed by atoms with van der Waals surface area (Å²) in [6.45, 7) is 4.25. The maximum Gasteiger partial charge on any atom is 0.253 e. The summed E-state index contributed by atoms with van der Waals surface area (Å²) in [6, 6.07) is 10.00. The van der Waals surface area contributed by atoms with Crippen LogP contribution in [0, 0.1) is 0 Å². The number of hydrogen-bond donors (Lipinski definition) is 3. The first-order valence-electron chi connectivity index (χ1n) is 7.86. The van der Waals surface area contributed by atoms with Gasteiger partial charge in [0.25, 0.3) is 11.8 Å². The SMILES string of the molecule is CCC(C)NC(=O)c1cccc(CNC(=O)c2ccc(=O)[nH]c2)c1. The van der Waals surface area contributed by atoms with E-state index >= 15 is 0 Å². The highest BCUT2D eigenvalue weighted by Crippen LogP contribution is 2.06. The molecule has 126 valence electrons. The fourth-order valence-electron chi connectivity index (χ4n) is 2.07. The molecule has 2 rings (SSSR count). The monoisotopic (exact) mass is 327 g/mol. The molecule has 6 nitrogen and oxygen atoms in total. The number of benzene rings is 1. The van der Waals surface area contributed by atoms with Crippen LogP contribution in [0.25, 0.3) is 0 Å². The minimum atomic E-state index is -0.291. The van der Waals surface area contributed by atoms with Crippen molar-refractivity contribution in [3.8, 4) is 0 Å². The topological polar surface area (TPSA) is 91.1 Å². The van der Waals surface area contributed by atoms with E-state index in [2.05, 4.69) is 15.6 Å². The van der Waals surface area contributed by atoms with Crippen LogP contribution in [-0.4, -0.2) is 22.8 Å². The normalized spacial score (nSPS) is 11.6. The zero-order chi connectivity index (χ0) is 17.5. The van der Waals surface area contributed by atoms with Gasteiger partial charge in [0.15, 0.2) is 0 Å². The first-order valence-corrected chi connectivity index (χ1v) is 7.86. The minimum Gasteiger partial charge on any atom is -0.350 e. The summed E-state index contributed by atoms with van der Waals surface area (Å²) in [7, 11) is 0. The van der Waals surface area contributed by atoms with Crippen LogP contribution in [-0.2, 0) is 6.54 Å². The van der Waals surface area contributed by atoms with Gasteiger partial charge >= 0.3 is 0 Å². The molecule has 0 fully saturated rings. The number of rotatable bonds is 6. The molecule has 0 saturated heterocycles. The van der Waals surface area contributed by atoms with E-state index in [4.69, 9.17) is 0 Å². The number of aromatic amines is 1. The number of pyridine rings is 1. The Hall–Kier alpha value is -2.89. The van der Waals surface area contributed by atoms with Crippen molar-refractivity contribution in [2.24, 2.45) is 0 Å². The third-order valence-corrected chi connectivity index (χ3v) is 3.68. The number of amides is 2. The number of carbonyl (C=O) groups excluding carboxylic acids is 2. The summed E-state index contributed by atoms with van der Waals surface area (Å²) in [6.07, 6.45) is 2.23. The lowest BCUT2D eigenvalue weighted by Gasteiger charge is -2.12. The molecule has 0 spiro atoms. The van der Waals surface area contributed by atoms with Gasteiger partial charge in [-0.05, 0) is 37.1 Å². The molecule has 0 radical (unpaired) electrons. The maximum atomic E-state index is 12.1. The number of carbonyl (C=O) groups is 2. The average molecular weight is 327 g/mol. The molecule has 1 heterocycles. The van der Waals surface area contributed by atoms with Crippen molar-refractivity contribution in [2.75, 3.05) is 0 Å². The van der Waals surface area contributed by atoms with Crippen molar-refractivity contribution in [2.45, 2.75) is 32.9 Å². The van der Waals surface area contributed by atoms with Gasteiger partial charge in [0, 0.05) is 30.4 Å². The lowest BCUT2D eigenvalue weighted by Crippen LogP contribution is -2.32. The Kier molecular flexibility index (Phi) is 5.89. The first kappa shape index (κ1) is 17.5. The maximum absolute atomic E-state index is 12.1. The zero-order valence-corrected chi connectivity index (χ0v) is 13.8. The van der Waals surface area contributed by atoms with Crippen LogP contribution >= 0.6 is 0 Å². The molecule has 3 N–H and O–H groups in total. The van der Waals surface area contributed by atoms with E-state index in [1.54, 1.807) is 18.2 Å². The second-order valence-corrected chi connectivity index (χ2v) is 5.61. The number of hydrogen-bond acceptors (Lipinski definition) is 3. The largest absolute Gasteiger partial charge is 0.350 e.